The molecule has 1 N–H and O–H groups in total. The molecule has 0 radical (unpaired) electrons. The maximum absolute atomic E-state index is 12.6. The van der Waals surface area contributed by atoms with E-state index < -0.39 is 5.54 Å². The molecular formula is C24H22N4O2. The van der Waals surface area contributed by atoms with Crippen LogP contribution in [-0.4, -0.2) is 21.2 Å². The van der Waals surface area contributed by atoms with E-state index in [-0.39, 0.29) is 11.7 Å². The van der Waals surface area contributed by atoms with E-state index in [4.69, 9.17) is 6.57 Å². The highest BCUT2D eigenvalue weighted by Gasteiger charge is 2.43. The molecule has 0 unspecified atom stereocenters. The highest BCUT2D eigenvalue weighted by molar-refractivity contribution is 6.04. The highest BCUT2D eigenvalue weighted by atomic mass is 16.1. The number of pyridine rings is 1. The minimum atomic E-state index is -0.735. The Morgan fingerprint density at radius 3 is 2.60 bits per heavy atom. The van der Waals surface area contributed by atoms with Gasteiger partial charge in [-0.15, -0.1) is 0 Å². The molecule has 0 spiro atoms. The number of aromatic nitrogens is 2. The number of para-hydroxylation sites is 1. The summed E-state index contributed by atoms with van der Waals surface area (Å²) in [6.07, 6.45) is 7.08. The van der Waals surface area contributed by atoms with Crippen LogP contribution in [0.5, 0.6) is 0 Å². The summed E-state index contributed by atoms with van der Waals surface area (Å²) in [5, 5.41) is 2.86. The van der Waals surface area contributed by atoms with Gasteiger partial charge in [0.2, 0.25) is 0 Å². The van der Waals surface area contributed by atoms with Crippen molar-refractivity contribution < 1.29 is 9.59 Å². The van der Waals surface area contributed by atoms with Crippen molar-refractivity contribution in [2.24, 2.45) is 0 Å². The molecule has 1 aliphatic carbocycles. The van der Waals surface area contributed by atoms with E-state index in [0.717, 1.165) is 11.3 Å². The molecule has 1 aromatic carbocycles. The van der Waals surface area contributed by atoms with E-state index in [1.165, 1.54) is 0 Å². The lowest BCUT2D eigenvalue weighted by Gasteiger charge is -2.24. The summed E-state index contributed by atoms with van der Waals surface area (Å²) in [5.41, 5.74) is 3.19. The SMILES string of the molecule is [C-]#[N+]C1(c2ccc(NC(=O)c3ccn(-c4ccccc4C)c3)cn2)CCC(=O)CC1. The number of carbonyl (C=O) groups is 2. The van der Waals surface area contributed by atoms with Crippen molar-refractivity contribution in [1.29, 1.82) is 0 Å². The Balaban J connectivity index is 1.48. The van der Waals surface area contributed by atoms with Crippen molar-refractivity contribution >= 4 is 17.4 Å². The summed E-state index contributed by atoms with van der Waals surface area (Å²) in [6, 6.07) is 13.3. The topological polar surface area (TPSA) is 68.3 Å². The molecule has 2 aromatic heterocycles. The van der Waals surface area contributed by atoms with Crippen LogP contribution in [0.3, 0.4) is 0 Å². The van der Waals surface area contributed by atoms with Crippen LogP contribution < -0.4 is 5.32 Å². The summed E-state index contributed by atoms with van der Waals surface area (Å²) >= 11 is 0. The predicted octanol–water partition coefficient (Wildman–Crippen LogP) is 4.69. The largest absolute Gasteiger partial charge is 0.323 e. The van der Waals surface area contributed by atoms with Crippen molar-refractivity contribution in [2.45, 2.75) is 38.1 Å². The molecule has 2 heterocycles. The van der Waals surface area contributed by atoms with E-state index in [1.807, 2.05) is 42.0 Å². The summed E-state index contributed by atoms with van der Waals surface area (Å²) in [6.45, 7) is 9.65. The van der Waals surface area contributed by atoms with Crippen molar-refractivity contribution in [2.75, 3.05) is 5.32 Å². The van der Waals surface area contributed by atoms with E-state index in [9.17, 15) is 9.59 Å². The van der Waals surface area contributed by atoms with Crippen molar-refractivity contribution in [3.05, 3.63) is 89.3 Å². The number of rotatable bonds is 4. The van der Waals surface area contributed by atoms with Gasteiger partial charge in [0.25, 0.3) is 11.4 Å². The van der Waals surface area contributed by atoms with Gasteiger partial charge in [-0.2, -0.15) is 0 Å². The average molecular weight is 398 g/mol. The molecule has 0 saturated heterocycles. The Morgan fingerprint density at radius 2 is 1.93 bits per heavy atom. The van der Waals surface area contributed by atoms with Gasteiger partial charge in [-0.1, -0.05) is 18.2 Å². The number of hydrogen-bond acceptors (Lipinski definition) is 3. The first kappa shape index (κ1) is 19.6. The zero-order valence-corrected chi connectivity index (χ0v) is 16.8. The minimum Gasteiger partial charge on any atom is -0.323 e. The summed E-state index contributed by atoms with van der Waals surface area (Å²) < 4.78 is 1.93. The first-order valence-corrected chi connectivity index (χ1v) is 9.93. The standard InChI is InChI=1S/C24H22N4O2/c1-17-5-3-4-6-21(17)28-14-11-18(16-28)23(30)27-19-7-8-22(26-15-19)24(25-2)12-9-20(29)10-13-24/h3-8,11,14-16H,9-10,12-13H2,1H3,(H,27,30). The third-order valence-electron chi connectivity index (χ3n) is 5.70. The minimum absolute atomic E-state index is 0.204. The van der Waals surface area contributed by atoms with E-state index in [1.54, 1.807) is 30.6 Å². The van der Waals surface area contributed by atoms with Crippen LogP contribution in [0.25, 0.3) is 10.5 Å². The van der Waals surface area contributed by atoms with Gasteiger partial charge in [-0.3, -0.25) is 14.6 Å². The van der Waals surface area contributed by atoms with Crippen LogP contribution in [0, 0.1) is 13.5 Å². The van der Waals surface area contributed by atoms with E-state index in [2.05, 4.69) is 15.1 Å². The van der Waals surface area contributed by atoms with E-state index >= 15 is 0 Å². The Bertz CT molecular complexity index is 1130. The Kier molecular flexibility index (Phi) is 5.20. The van der Waals surface area contributed by atoms with Crippen LogP contribution in [0.4, 0.5) is 5.69 Å². The Morgan fingerprint density at radius 1 is 1.17 bits per heavy atom. The average Bonchev–Trinajstić information content (AvgIpc) is 3.26. The number of nitrogens with one attached hydrogen (secondary N) is 1. The molecule has 150 valence electrons. The quantitative estimate of drug-likeness (QED) is 0.648. The van der Waals surface area contributed by atoms with Gasteiger partial charge in [0, 0.05) is 43.8 Å². The van der Waals surface area contributed by atoms with Crippen LogP contribution in [-0.2, 0) is 10.3 Å². The molecule has 0 bridgehead atoms. The van der Waals surface area contributed by atoms with Gasteiger partial charge in [0.05, 0.1) is 17.4 Å². The van der Waals surface area contributed by atoms with Crippen molar-refractivity contribution in [3.63, 3.8) is 0 Å². The lowest BCUT2D eigenvalue weighted by Crippen LogP contribution is -2.29. The number of aryl methyl sites for hydroxylation is 1. The van der Waals surface area contributed by atoms with Crippen LogP contribution in [0.2, 0.25) is 0 Å². The molecule has 1 amide bonds. The Hall–Kier alpha value is -3.72. The number of hydrogen-bond donors (Lipinski definition) is 1. The van der Waals surface area contributed by atoms with Crippen molar-refractivity contribution in [3.8, 4) is 5.69 Å². The number of anilines is 1. The maximum Gasteiger partial charge on any atom is 0.274 e. The van der Waals surface area contributed by atoms with Crippen LogP contribution in [0.1, 0.15) is 47.3 Å². The molecule has 6 nitrogen and oxygen atoms in total. The number of ketones is 1. The highest BCUT2D eigenvalue weighted by Crippen LogP contribution is 2.38. The molecule has 3 aromatic rings. The van der Waals surface area contributed by atoms with Crippen molar-refractivity contribution in [1.82, 2.24) is 9.55 Å². The molecule has 1 saturated carbocycles. The predicted molar refractivity (Wildman–Crippen MR) is 114 cm³/mol. The third-order valence-corrected chi connectivity index (χ3v) is 5.70. The molecule has 4 rings (SSSR count). The number of amides is 1. The zero-order chi connectivity index (χ0) is 21.1. The summed E-state index contributed by atoms with van der Waals surface area (Å²) in [5.74, 6) is -0.0177. The summed E-state index contributed by atoms with van der Waals surface area (Å²) in [4.78, 5) is 32.4. The monoisotopic (exact) mass is 398 g/mol. The third kappa shape index (κ3) is 3.74. The van der Waals surface area contributed by atoms with Gasteiger partial charge in [0.15, 0.2) is 0 Å². The van der Waals surface area contributed by atoms with Gasteiger partial charge >= 0.3 is 0 Å². The second-order valence-electron chi connectivity index (χ2n) is 7.66. The Labute approximate surface area is 175 Å². The normalized spacial score (nSPS) is 15.4. The smallest absolute Gasteiger partial charge is 0.274 e. The van der Waals surface area contributed by atoms with Gasteiger partial charge in [0.1, 0.15) is 11.5 Å². The first-order chi connectivity index (χ1) is 14.5. The molecule has 30 heavy (non-hydrogen) atoms. The zero-order valence-electron chi connectivity index (χ0n) is 16.8. The second-order valence-corrected chi connectivity index (χ2v) is 7.66. The number of nitrogens with zero attached hydrogens (tertiary/aromatic N) is 3. The summed E-state index contributed by atoms with van der Waals surface area (Å²) in [7, 11) is 0. The maximum atomic E-state index is 12.6. The molecule has 1 fully saturated rings. The molecule has 6 heteroatoms. The first-order valence-electron chi connectivity index (χ1n) is 9.93. The fourth-order valence-corrected chi connectivity index (χ4v) is 3.85. The van der Waals surface area contributed by atoms with Crippen LogP contribution in [0.15, 0.2) is 61.1 Å². The van der Waals surface area contributed by atoms with Crippen LogP contribution >= 0.6 is 0 Å². The lowest BCUT2D eigenvalue weighted by atomic mass is 9.79. The van der Waals surface area contributed by atoms with Gasteiger partial charge < -0.3 is 14.7 Å². The molecule has 1 aliphatic rings. The van der Waals surface area contributed by atoms with Gasteiger partial charge in [-0.05, 0) is 36.8 Å². The molecular weight excluding hydrogens is 376 g/mol. The fourth-order valence-electron chi connectivity index (χ4n) is 3.85. The lowest BCUT2D eigenvalue weighted by molar-refractivity contribution is -0.121. The second kappa shape index (κ2) is 7.96. The number of carbonyl (C=O) groups excluding carboxylic acids is 2. The van der Waals surface area contributed by atoms with Gasteiger partial charge in [-0.25, -0.2) is 6.57 Å². The number of Topliss-reactive ketones (excluding diaryl/α,β-unsaturated/α-hetero) is 1. The number of benzene rings is 1. The molecule has 0 aliphatic heterocycles. The van der Waals surface area contributed by atoms with E-state index in [0.29, 0.717) is 42.6 Å². The molecule has 0 atom stereocenters. The fraction of sp³-hybridized carbons (Fsp3) is 0.250.